The molecule has 7 aromatic rings. The molecule has 4 heterocycles. The van der Waals surface area contributed by atoms with Crippen LogP contribution in [0.3, 0.4) is 0 Å². The van der Waals surface area contributed by atoms with Crippen LogP contribution in [0.2, 0.25) is 0 Å². The zero-order chi connectivity index (χ0) is 31.3. The van der Waals surface area contributed by atoms with E-state index >= 15 is 0 Å². The van der Waals surface area contributed by atoms with Gasteiger partial charge in [-0.05, 0) is 57.7 Å². The molecule has 0 spiro atoms. The third-order valence-electron chi connectivity index (χ3n) is 10.6. The van der Waals surface area contributed by atoms with E-state index in [1.54, 1.807) is 0 Å². The number of hydrogen-bond donors (Lipinski definition) is 0. The first kappa shape index (κ1) is 25.9. The molecule has 48 heavy (non-hydrogen) atoms. The number of aromatic nitrogens is 4. The van der Waals surface area contributed by atoms with Gasteiger partial charge in [0.25, 0.3) is 0 Å². The van der Waals surface area contributed by atoms with Crippen LogP contribution in [0.5, 0.6) is 0 Å². The Hall–Kier alpha value is -6.26. The molecule has 4 aromatic heterocycles. The van der Waals surface area contributed by atoms with Gasteiger partial charge in [0.2, 0.25) is 0 Å². The summed E-state index contributed by atoms with van der Waals surface area (Å²) < 4.78 is 0. The summed E-state index contributed by atoms with van der Waals surface area (Å²) in [5.41, 5.74) is 15.0. The highest BCUT2D eigenvalue weighted by molar-refractivity contribution is 6.15. The van der Waals surface area contributed by atoms with Gasteiger partial charge in [0, 0.05) is 68.5 Å². The fourth-order valence-electron chi connectivity index (χ4n) is 8.43. The smallest absolute Gasteiger partial charge is 0.0978 e. The van der Waals surface area contributed by atoms with Crippen LogP contribution in [-0.2, 0) is 0 Å². The van der Waals surface area contributed by atoms with Crippen LogP contribution in [0.1, 0.15) is 11.1 Å². The van der Waals surface area contributed by atoms with Crippen molar-refractivity contribution in [3.05, 3.63) is 179 Å². The third kappa shape index (κ3) is 3.54. The van der Waals surface area contributed by atoms with Crippen molar-refractivity contribution in [3.8, 4) is 0 Å². The second-order valence-corrected chi connectivity index (χ2v) is 13.0. The summed E-state index contributed by atoms with van der Waals surface area (Å²) >= 11 is 0. The van der Waals surface area contributed by atoms with Crippen molar-refractivity contribution in [2.24, 2.45) is 11.8 Å². The van der Waals surface area contributed by atoms with Crippen molar-refractivity contribution < 1.29 is 0 Å². The van der Waals surface area contributed by atoms with Crippen LogP contribution in [0, 0.1) is 11.8 Å². The van der Waals surface area contributed by atoms with E-state index in [4.69, 9.17) is 15.0 Å². The van der Waals surface area contributed by atoms with Gasteiger partial charge in [-0.3, -0.25) is 15.0 Å². The average molecular weight is 611 g/mol. The van der Waals surface area contributed by atoms with Crippen molar-refractivity contribution in [1.82, 2.24) is 19.9 Å². The highest BCUT2D eigenvalue weighted by atomic mass is 14.7. The van der Waals surface area contributed by atoms with Gasteiger partial charge in [0.1, 0.15) is 0 Å². The van der Waals surface area contributed by atoms with E-state index in [0.717, 1.165) is 60.1 Å². The van der Waals surface area contributed by atoms with E-state index < -0.39 is 0 Å². The Morgan fingerprint density at radius 1 is 0.521 bits per heavy atom. The van der Waals surface area contributed by atoms with Gasteiger partial charge in [-0.1, -0.05) is 103 Å². The molecule has 222 valence electrons. The SMILES string of the molecule is C1=CC2=C(c3c4ccccc4nc4c3ccc3cccnc34)C=CC3=CC=C4C(c5cnc6c(ccc7cccnc76)c5)=CC=C1C4C32. The van der Waals surface area contributed by atoms with Crippen LogP contribution < -0.4 is 0 Å². The maximum Gasteiger partial charge on any atom is 0.0978 e. The Morgan fingerprint density at radius 2 is 1.25 bits per heavy atom. The van der Waals surface area contributed by atoms with Crippen LogP contribution >= 0.6 is 0 Å². The molecule has 0 saturated heterocycles. The molecule has 2 unspecified atom stereocenters. The molecule has 11 rings (SSSR count). The van der Waals surface area contributed by atoms with Gasteiger partial charge in [0.15, 0.2) is 0 Å². The average Bonchev–Trinajstić information content (AvgIpc) is 3.15. The van der Waals surface area contributed by atoms with E-state index in [0.29, 0.717) is 0 Å². The largest absolute Gasteiger partial charge is 0.254 e. The maximum absolute atomic E-state index is 5.18. The molecular weight excluding hydrogens is 585 g/mol. The lowest BCUT2D eigenvalue weighted by atomic mass is 9.61. The minimum absolute atomic E-state index is 0.215. The molecule has 2 atom stereocenters. The zero-order valence-corrected chi connectivity index (χ0v) is 25.8. The van der Waals surface area contributed by atoms with Gasteiger partial charge in [-0.15, -0.1) is 0 Å². The highest BCUT2D eigenvalue weighted by Crippen LogP contribution is 2.54. The molecule has 0 radical (unpaired) electrons. The second-order valence-electron chi connectivity index (χ2n) is 13.0. The van der Waals surface area contributed by atoms with Crippen LogP contribution in [0.4, 0.5) is 0 Å². The lowest BCUT2D eigenvalue weighted by Gasteiger charge is -2.42. The van der Waals surface area contributed by atoms with Crippen LogP contribution in [-0.4, -0.2) is 19.9 Å². The predicted molar refractivity (Wildman–Crippen MR) is 196 cm³/mol. The molecule has 4 aliphatic carbocycles. The van der Waals surface area contributed by atoms with Crippen LogP contribution in [0.25, 0.3) is 65.7 Å². The van der Waals surface area contributed by atoms with Crippen molar-refractivity contribution in [2.75, 3.05) is 0 Å². The van der Waals surface area contributed by atoms with Gasteiger partial charge in [-0.2, -0.15) is 0 Å². The first-order valence-corrected chi connectivity index (χ1v) is 16.4. The second kappa shape index (κ2) is 9.63. The van der Waals surface area contributed by atoms with E-state index in [2.05, 4.69) is 120 Å². The van der Waals surface area contributed by atoms with E-state index in [1.807, 2.05) is 30.7 Å². The fraction of sp³-hybridized carbons (Fsp3) is 0.0455. The Bertz CT molecular complexity index is 2840. The lowest BCUT2D eigenvalue weighted by molar-refractivity contribution is 0.569. The zero-order valence-electron chi connectivity index (χ0n) is 25.8. The summed E-state index contributed by atoms with van der Waals surface area (Å²) in [6.45, 7) is 0. The summed E-state index contributed by atoms with van der Waals surface area (Å²) in [5.74, 6) is 0.438. The number of nitrogens with zero attached hydrogens (tertiary/aromatic N) is 4. The minimum atomic E-state index is 0.215. The maximum atomic E-state index is 5.18. The monoisotopic (exact) mass is 610 g/mol. The normalized spacial score (nSPS) is 19.5. The van der Waals surface area contributed by atoms with Crippen molar-refractivity contribution in [1.29, 1.82) is 0 Å². The van der Waals surface area contributed by atoms with Crippen LogP contribution in [0.15, 0.2) is 168 Å². The Kier molecular flexibility index (Phi) is 5.19. The summed E-state index contributed by atoms with van der Waals surface area (Å²) in [6.07, 6.45) is 24.3. The number of rotatable bonds is 2. The molecule has 4 nitrogen and oxygen atoms in total. The third-order valence-corrected chi connectivity index (χ3v) is 10.6. The molecule has 0 bridgehead atoms. The number of pyridine rings is 4. The molecule has 0 fully saturated rings. The van der Waals surface area contributed by atoms with Gasteiger partial charge >= 0.3 is 0 Å². The standard InChI is InChI=1S/C44H26N4/c1-2-8-37-35(7-1)40(36-20-15-28-6-4-22-46-42(28)44(36)48-37)34-19-14-26-12-17-32-31(16-11-25-13-18-33(34)39(26)38(25)32)30-23-29-10-9-27-5-3-21-45-41(27)43(29)47-24-30/h1-24,38-39H. The molecule has 0 N–H and O–H groups in total. The van der Waals surface area contributed by atoms with E-state index in [1.165, 1.54) is 39.0 Å². The molecule has 3 aromatic carbocycles. The number of allylic oxidation sites excluding steroid dienone is 14. The fourth-order valence-corrected chi connectivity index (χ4v) is 8.43. The van der Waals surface area contributed by atoms with Crippen molar-refractivity contribution in [3.63, 3.8) is 0 Å². The van der Waals surface area contributed by atoms with Gasteiger partial charge in [0.05, 0.1) is 27.6 Å². The number of benzene rings is 3. The Balaban J connectivity index is 1.10. The Labute approximate surface area is 276 Å². The lowest BCUT2D eigenvalue weighted by Crippen LogP contribution is -2.30. The topological polar surface area (TPSA) is 51.6 Å². The number of fused-ring (bicyclic) bond motifs is 7. The molecule has 4 heteroatoms. The first-order chi connectivity index (χ1) is 23.8. The quantitative estimate of drug-likeness (QED) is 0.144. The minimum Gasteiger partial charge on any atom is -0.254 e. The Morgan fingerprint density at radius 3 is 2.15 bits per heavy atom. The van der Waals surface area contributed by atoms with Crippen molar-refractivity contribution >= 4 is 65.7 Å². The van der Waals surface area contributed by atoms with Gasteiger partial charge < -0.3 is 0 Å². The molecule has 0 aliphatic heterocycles. The molecule has 0 amide bonds. The number of para-hydroxylation sites is 1. The van der Waals surface area contributed by atoms with E-state index in [9.17, 15) is 0 Å². The van der Waals surface area contributed by atoms with Gasteiger partial charge in [-0.25, -0.2) is 4.98 Å². The summed E-state index contributed by atoms with van der Waals surface area (Å²) in [7, 11) is 0. The summed E-state index contributed by atoms with van der Waals surface area (Å²) in [5, 5.41) is 5.61. The first-order valence-electron chi connectivity index (χ1n) is 16.4. The molecule has 0 saturated carbocycles. The summed E-state index contributed by atoms with van der Waals surface area (Å²) in [4.78, 5) is 19.6. The highest BCUT2D eigenvalue weighted by Gasteiger charge is 2.41. The van der Waals surface area contributed by atoms with E-state index in [-0.39, 0.29) is 11.8 Å². The molecule has 4 aliphatic rings. The number of hydrogen-bond acceptors (Lipinski definition) is 4. The molecular formula is C44H26N4. The predicted octanol–water partition coefficient (Wildman–Crippen LogP) is 10.0. The van der Waals surface area contributed by atoms with Crippen molar-refractivity contribution in [2.45, 2.75) is 0 Å². The summed E-state index contributed by atoms with van der Waals surface area (Å²) in [6, 6.07) is 27.7.